The average Bonchev–Trinajstić information content (AvgIpc) is 2.52. The molecule has 0 radical (unpaired) electrons. The summed E-state index contributed by atoms with van der Waals surface area (Å²) < 4.78 is 42.7. The number of ether oxygens (including phenoxy) is 1. The number of rotatable bonds is 4. The molecule has 0 heterocycles. The van der Waals surface area contributed by atoms with E-state index in [0.29, 0.717) is 0 Å². The van der Waals surface area contributed by atoms with Gasteiger partial charge < -0.3 is 4.74 Å². The molecule has 2 aromatic carbocycles. The summed E-state index contributed by atoms with van der Waals surface area (Å²) in [5.74, 6) is 0. The third-order valence-corrected chi connectivity index (χ3v) is 3.44. The fraction of sp³-hybridized carbons (Fsp3) is 0.222. The Morgan fingerprint density at radius 3 is 1.86 bits per heavy atom. The Hall–Kier alpha value is -2.23. The highest BCUT2D eigenvalue weighted by Gasteiger charge is 2.29. The van der Waals surface area contributed by atoms with Gasteiger partial charge in [-0.3, -0.25) is 0 Å². The summed E-state index contributed by atoms with van der Waals surface area (Å²) >= 11 is 0. The van der Waals surface area contributed by atoms with Crippen molar-refractivity contribution < 1.29 is 17.9 Å². The lowest BCUT2D eigenvalue weighted by Gasteiger charge is -2.09. The van der Waals surface area contributed by atoms with Crippen LogP contribution in [0.15, 0.2) is 54.8 Å². The van der Waals surface area contributed by atoms with Crippen LogP contribution in [-0.4, -0.2) is 7.11 Å². The molecule has 0 N–H and O–H groups in total. The van der Waals surface area contributed by atoms with Gasteiger partial charge in [0.15, 0.2) is 0 Å². The fourth-order valence-corrected chi connectivity index (χ4v) is 2.23. The quantitative estimate of drug-likeness (QED) is 0.652. The van der Waals surface area contributed by atoms with Gasteiger partial charge in [0, 0.05) is 0 Å². The molecule has 2 rings (SSSR count). The Morgan fingerprint density at radius 1 is 0.955 bits per heavy atom. The summed E-state index contributed by atoms with van der Waals surface area (Å²) in [4.78, 5) is 0. The standard InChI is InChI=1S/C18H17F3O/c1-3-13(12-22-2)14-4-6-15(7-5-14)16-8-10-17(11-9-16)18(19,20)21/h4-12H,3H2,1-2H3. The number of hydrogen-bond acceptors (Lipinski definition) is 1. The van der Waals surface area contributed by atoms with Crippen molar-refractivity contribution in [1.82, 2.24) is 0 Å². The van der Waals surface area contributed by atoms with Crippen LogP contribution < -0.4 is 0 Å². The molecule has 22 heavy (non-hydrogen) atoms. The zero-order valence-electron chi connectivity index (χ0n) is 12.4. The van der Waals surface area contributed by atoms with Crippen molar-refractivity contribution >= 4 is 5.57 Å². The van der Waals surface area contributed by atoms with Gasteiger partial charge in [0.25, 0.3) is 0 Å². The van der Waals surface area contributed by atoms with Crippen molar-refractivity contribution in [2.45, 2.75) is 19.5 Å². The van der Waals surface area contributed by atoms with Gasteiger partial charge in [0.2, 0.25) is 0 Å². The summed E-state index contributed by atoms with van der Waals surface area (Å²) in [5.41, 5.74) is 3.12. The summed E-state index contributed by atoms with van der Waals surface area (Å²) in [6.07, 6.45) is -1.76. The Labute approximate surface area is 128 Å². The van der Waals surface area contributed by atoms with E-state index in [-0.39, 0.29) is 0 Å². The molecule has 0 aliphatic heterocycles. The van der Waals surface area contributed by atoms with Gasteiger partial charge in [-0.1, -0.05) is 43.3 Å². The largest absolute Gasteiger partial charge is 0.504 e. The van der Waals surface area contributed by atoms with Gasteiger partial charge in [-0.15, -0.1) is 0 Å². The first kappa shape index (κ1) is 16.1. The molecule has 1 nitrogen and oxygen atoms in total. The number of allylic oxidation sites excluding steroid dienone is 1. The molecule has 0 aliphatic rings. The first-order valence-corrected chi connectivity index (χ1v) is 6.95. The minimum Gasteiger partial charge on any atom is -0.504 e. The average molecular weight is 306 g/mol. The zero-order valence-corrected chi connectivity index (χ0v) is 12.4. The maximum atomic E-state index is 12.6. The van der Waals surface area contributed by atoms with E-state index in [0.717, 1.165) is 40.8 Å². The van der Waals surface area contributed by atoms with Crippen LogP contribution in [0.5, 0.6) is 0 Å². The lowest BCUT2D eigenvalue weighted by molar-refractivity contribution is -0.137. The number of alkyl halides is 3. The van der Waals surface area contributed by atoms with E-state index in [9.17, 15) is 13.2 Å². The van der Waals surface area contributed by atoms with Crippen LogP contribution in [-0.2, 0) is 10.9 Å². The summed E-state index contributed by atoms with van der Waals surface area (Å²) in [5, 5.41) is 0. The molecule has 0 aromatic heterocycles. The van der Waals surface area contributed by atoms with E-state index in [4.69, 9.17) is 4.74 Å². The van der Waals surface area contributed by atoms with Gasteiger partial charge >= 0.3 is 6.18 Å². The highest BCUT2D eigenvalue weighted by Crippen LogP contribution is 2.31. The Morgan fingerprint density at radius 2 is 1.45 bits per heavy atom. The van der Waals surface area contributed by atoms with E-state index in [1.807, 2.05) is 31.2 Å². The lowest BCUT2D eigenvalue weighted by Crippen LogP contribution is -2.03. The molecule has 0 unspecified atom stereocenters. The predicted octanol–water partition coefficient (Wildman–Crippen LogP) is 5.77. The van der Waals surface area contributed by atoms with Crippen molar-refractivity contribution in [3.63, 3.8) is 0 Å². The van der Waals surface area contributed by atoms with Crippen LogP contribution in [0.2, 0.25) is 0 Å². The molecule has 2 aromatic rings. The van der Waals surface area contributed by atoms with Gasteiger partial charge in [-0.05, 0) is 40.8 Å². The van der Waals surface area contributed by atoms with Crippen LogP contribution in [0.25, 0.3) is 16.7 Å². The maximum Gasteiger partial charge on any atom is 0.416 e. The SMILES string of the molecule is CCC(=COC)c1ccc(-c2ccc(C(F)(F)F)cc2)cc1. The molecular weight excluding hydrogens is 289 g/mol. The van der Waals surface area contributed by atoms with Crippen molar-refractivity contribution in [1.29, 1.82) is 0 Å². The third kappa shape index (κ3) is 3.70. The minimum atomic E-state index is -4.30. The normalized spacial score (nSPS) is 12.3. The Kier molecular flexibility index (Phi) is 4.91. The van der Waals surface area contributed by atoms with Crippen LogP contribution in [0.3, 0.4) is 0 Å². The second-order valence-corrected chi connectivity index (χ2v) is 4.88. The molecular formula is C18H17F3O. The van der Waals surface area contributed by atoms with Gasteiger partial charge in [-0.25, -0.2) is 0 Å². The summed E-state index contributed by atoms with van der Waals surface area (Å²) in [6, 6.07) is 12.9. The molecule has 0 saturated heterocycles. The van der Waals surface area contributed by atoms with Gasteiger partial charge in [-0.2, -0.15) is 13.2 Å². The van der Waals surface area contributed by atoms with Crippen molar-refractivity contribution in [3.05, 3.63) is 65.9 Å². The van der Waals surface area contributed by atoms with Gasteiger partial charge in [0.1, 0.15) is 0 Å². The predicted molar refractivity (Wildman–Crippen MR) is 82.2 cm³/mol. The van der Waals surface area contributed by atoms with Crippen LogP contribution in [0.4, 0.5) is 13.2 Å². The fourth-order valence-electron chi connectivity index (χ4n) is 2.23. The molecule has 0 spiro atoms. The third-order valence-electron chi connectivity index (χ3n) is 3.44. The van der Waals surface area contributed by atoms with E-state index in [2.05, 4.69) is 0 Å². The highest BCUT2D eigenvalue weighted by molar-refractivity contribution is 5.70. The zero-order chi connectivity index (χ0) is 16.2. The van der Waals surface area contributed by atoms with Crippen LogP contribution in [0, 0.1) is 0 Å². The Bertz CT molecular complexity index is 638. The van der Waals surface area contributed by atoms with E-state index in [1.54, 1.807) is 13.4 Å². The van der Waals surface area contributed by atoms with Crippen LogP contribution in [0.1, 0.15) is 24.5 Å². The Balaban J connectivity index is 2.25. The molecule has 0 amide bonds. The molecule has 116 valence electrons. The first-order valence-electron chi connectivity index (χ1n) is 6.95. The van der Waals surface area contributed by atoms with E-state index in [1.165, 1.54) is 12.1 Å². The molecule has 0 bridgehead atoms. The number of methoxy groups -OCH3 is 1. The topological polar surface area (TPSA) is 9.23 Å². The maximum absolute atomic E-state index is 12.6. The van der Waals surface area contributed by atoms with Crippen LogP contribution >= 0.6 is 0 Å². The summed E-state index contributed by atoms with van der Waals surface area (Å²) in [6.45, 7) is 2.04. The number of halogens is 3. The second kappa shape index (κ2) is 6.69. The van der Waals surface area contributed by atoms with Crippen molar-refractivity contribution in [2.75, 3.05) is 7.11 Å². The minimum absolute atomic E-state index is 0.635. The monoisotopic (exact) mass is 306 g/mol. The van der Waals surface area contributed by atoms with Crippen molar-refractivity contribution in [2.24, 2.45) is 0 Å². The highest BCUT2D eigenvalue weighted by atomic mass is 19.4. The molecule has 4 heteroatoms. The van der Waals surface area contributed by atoms with Gasteiger partial charge in [0.05, 0.1) is 18.9 Å². The smallest absolute Gasteiger partial charge is 0.416 e. The molecule has 0 atom stereocenters. The molecule has 0 saturated carbocycles. The van der Waals surface area contributed by atoms with E-state index >= 15 is 0 Å². The molecule has 0 aliphatic carbocycles. The number of hydrogen-bond donors (Lipinski definition) is 0. The molecule has 0 fully saturated rings. The summed E-state index contributed by atoms with van der Waals surface area (Å²) in [7, 11) is 1.60. The lowest BCUT2D eigenvalue weighted by atomic mass is 9.99. The first-order chi connectivity index (χ1) is 10.5. The second-order valence-electron chi connectivity index (χ2n) is 4.88. The number of benzene rings is 2. The van der Waals surface area contributed by atoms with E-state index < -0.39 is 11.7 Å². The van der Waals surface area contributed by atoms with Crippen molar-refractivity contribution in [3.8, 4) is 11.1 Å².